The topological polar surface area (TPSA) is 38.0 Å². The van der Waals surface area contributed by atoms with Crippen LogP contribution >= 0.6 is 11.3 Å². The number of benzene rings is 2. The van der Waals surface area contributed by atoms with Crippen LogP contribution in [0.3, 0.4) is 0 Å². The minimum absolute atomic E-state index is 0.873. The Morgan fingerprint density at radius 1 is 1.00 bits per heavy atom. The number of rotatable bonds is 4. The van der Waals surface area contributed by atoms with Crippen molar-refractivity contribution in [2.45, 2.75) is 20.3 Å². The number of hydrogen-bond acceptors (Lipinski definition) is 3. The highest BCUT2D eigenvalue weighted by molar-refractivity contribution is 7.14. The lowest BCUT2D eigenvalue weighted by atomic mass is 9.99. The van der Waals surface area contributed by atoms with Gasteiger partial charge in [0.25, 0.3) is 0 Å². The average molecular weight is 308 g/mol. The van der Waals surface area contributed by atoms with E-state index in [1.165, 1.54) is 21.7 Å². The molecule has 0 radical (unpaired) electrons. The molecule has 3 heteroatoms. The van der Waals surface area contributed by atoms with Crippen molar-refractivity contribution >= 4 is 27.7 Å². The number of nitrogens with one attached hydrogen (secondary N) is 1. The minimum Gasteiger partial charge on any atom is -0.399 e. The second-order valence-electron chi connectivity index (χ2n) is 5.62. The van der Waals surface area contributed by atoms with E-state index in [1.807, 2.05) is 18.2 Å². The molecule has 3 N–H and O–H groups in total. The van der Waals surface area contributed by atoms with Gasteiger partial charge in [-0.3, -0.25) is 0 Å². The Morgan fingerprint density at radius 2 is 1.77 bits per heavy atom. The lowest BCUT2D eigenvalue weighted by molar-refractivity contribution is 1.16. The van der Waals surface area contributed by atoms with E-state index in [9.17, 15) is 0 Å². The molecule has 0 aliphatic carbocycles. The standard InChI is InChI=1S/C19H20N2S/c1-13-9-18(20)14(2)8-16(13)10-15-11-19(22-12-15)21-17-6-4-3-5-7-17/h3-9,11-12,21H,10,20H2,1-2H3. The van der Waals surface area contributed by atoms with E-state index in [0.29, 0.717) is 0 Å². The molecular formula is C19H20N2S. The lowest BCUT2D eigenvalue weighted by Crippen LogP contribution is -1.96. The van der Waals surface area contributed by atoms with E-state index in [1.54, 1.807) is 11.3 Å². The Bertz CT molecular complexity index is 775. The quantitative estimate of drug-likeness (QED) is 0.643. The van der Waals surface area contributed by atoms with Gasteiger partial charge in [0.2, 0.25) is 0 Å². The van der Waals surface area contributed by atoms with E-state index in [-0.39, 0.29) is 0 Å². The molecule has 2 aromatic carbocycles. The summed E-state index contributed by atoms with van der Waals surface area (Å²) in [4.78, 5) is 0. The summed E-state index contributed by atoms with van der Waals surface area (Å²) in [5.74, 6) is 0. The number of anilines is 3. The molecule has 0 unspecified atom stereocenters. The van der Waals surface area contributed by atoms with Gasteiger partial charge in [-0.15, -0.1) is 11.3 Å². The van der Waals surface area contributed by atoms with Crippen LogP contribution in [-0.2, 0) is 6.42 Å². The number of para-hydroxylation sites is 1. The first-order chi connectivity index (χ1) is 10.6. The molecule has 0 amide bonds. The Morgan fingerprint density at radius 3 is 2.55 bits per heavy atom. The van der Waals surface area contributed by atoms with Gasteiger partial charge in [-0.05, 0) is 72.2 Å². The Balaban J connectivity index is 1.76. The maximum Gasteiger partial charge on any atom is 0.0929 e. The molecule has 2 nitrogen and oxygen atoms in total. The van der Waals surface area contributed by atoms with Gasteiger partial charge in [-0.2, -0.15) is 0 Å². The molecule has 1 aromatic heterocycles. The third-order valence-electron chi connectivity index (χ3n) is 3.81. The van der Waals surface area contributed by atoms with Crippen LogP contribution in [0.5, 0.6) is 0 Å². The number of hydrogen-bond donors (Lipinski definition) is 2. The minimum atomic E-state index is 0.873. The fourth-order valence-corrected chi connectivity index (χ4v) is 3.33. The molecular weight excluding hydrogens is 288 g/mol. The molecule has 112 valence electrons. The molecule has 0 bridgehead atoms. The molecule has 0 saturated heterocycles. The number of nitrogen functional groups attached to an aromatic ring is 1. The van der Waals surface area contributed by atoms with Crippen molar-refractivity contribution < 1.29 is 0 Å². The molecule has 0 spiro atoms. The van der Waals surface area contributed by atoms with Crippen molar-refractivity contribution in [1.82, 2.24) is 0 Å². The zero-order valence-corrected chi connectivity index (χ0v) is 13.7. The molecule has 3 aromatic rings. The van der Waals surface area contributed by atoms with Crippen LogP contribution in [0, 0.1) is 13.8 Å². The van der Waals surface area contributed by atoms with Crippen LogP contribution in [0.25, 0.3) is 0 Å². The van der Waals surface area contributed by atoms with Gasteiger partial charge in [0.05, 0.1) is 5.00 Å². The zero-order valence-electron chi connectivity index (χ0n) is 12.9. The van der Waals surface area contributed by atoms with Gasteiger partial charge in [-0.25, -0.2) is 0 Å². The van der Waals surface area contributed by atoms with Crippen molar-refractivity contribution in [1.29, 1.82) is 0 Å². The van der Waals surface area contributed by atoms with Crippen molar-refractivity contribution in [2.24, 2.45) is 0 Å². The maximum atomic E-state index is 5.97. The SMILES string of the molecule is Cc1cc(Cc2csc(Nc3ccccc3)c2)c(C)cc1N. The summed E-state index contributed by atoms with van der Waals surface area (Å²) in [7, 11) is 0. The summed E-state index contributed by atoms with van der Waals surface area (Å²) in [5, 5.41) is 6.83. The van der Waals surface area contributed by atoms with E-state index in [2.05, 4.69) is 54.9 Å². The summed E-state index contributed by atoms with van der Waals surface area (Å²) in [6.45, 7) is 4.19. The first kappa shape index (κ1) is 14.7. The van der Waals surface area contributed by atoms with Crippen LogP contribution in [0.15, 0.2) is 53.9 Å². The summed E-state index contributed by atoms with van der Waals surface area (Å²) in [6.07, 6.45) is 0.944. The first-order valence-electron chi connectivity index (χ1n) is 7.37. The zero-order chi connectivity index (χ0) is 15.5. The average Bonchev–Trinajstić information content (AvgIpc) is 2.93. The summed E-state index contributed by atoms with van der Waals surface area (Å²) in [6, 6.07) is 16.8. The predicted molar refractivity (Wildman–Crippen MR) is 97.2 cm³/mol. The number of thiophene rings is 1. The monoisotopic (exact) mass is 308 g/mol. The summed E-state index contributed by atoms with van der Waals surface area (Å²) >= 11 is 1.74. The predicted octanol–water partition coefficient (Wildman–Crippen LogP) is 5.28. The molecule has 0 fully saturated rings. The highest BCUT2D eigenvalue weighted by Gasteiger charge is 2.06. The van der Waals surface area contributed by atoms with E-state index >= 15 is 0 Å². The van der Waals surface area contributed by atoms with Gasteiger partial charge in [-0.1, -0.05) is 24.3 Å². The van der Waals surface area contributed by atoms with Gasteiger partial charge in [0.15, 0.2) is 0 Å². The van der Waals surface area contributed by atoms with Crippen LogP contribution in [0.1, 0.15) is 22.3 Å². The Hall–Kier alpha value is -2.26. The third kappa shape index (κ3) is 3.31. The molecule has 1 heterocycles. The fourth-order valence-electron chi connectivity index (χ4n) is 2.51. The molecule has 22 heavy (non-hydrogen) atoms. The number of aryl methyl sites for hydroxylation is 2. The Labute approximate surface area is 135 Å². The third-order valence-corrected chi connectivity index (χ3v) is 4.71. The largest absolute Gasteiger partial charge is 0.399 e. The number of nitrogens with two attached hydrogens (primary N) is 1. The van der Waals surface area contributed by atoms with Crippen molar-refractivity contribution in [3.05, 3.63) is 76.2 Å². The van der Waals surface area contributed by atoms with Crippen molar-refractivity contribution in [2.75, 3.05) is 11.1 Å². The van der Waals surface area contributed by atoms with Crippen molar-refractivity contribution in [3.63, 3.8) is 0 Å². The van der Waals surface area contributed by atoms with Gasteiger partial charge < -0.3 is 11.1 Å². The van der Waals surface area contributed by atoms with Gasteiger partial charge in [0, 0.05) is 11.4 Å². The highest BCUT2D eigenvalue weighted by atomic mass is 32.1. The van der Waals surface area contributed by atoms with Crippen LogP contribution in [0.4, 0.5) is 16.4 Å². The van der Waals surface area contributed by atoms with Gasteiger partial charge in [0.1, 0.15) is 0 Å². The summed E-state index contributed by atoms with van der Waals surface area (Å²) in [5.41, 5.74) is 13.0. The maximum absolute atomic E-state index is 5.97. The normalized spacial score (nSPS) is 10.6. The van der Waals surface area contributed by atoms with E-state index in [0.717, 1.165) is 23.4 Å². The Kier molecular flexibility index (Phi) is 4.16. The second kappa shape index (κ2) is 6.24. The second-order valence-corrected chi connectivity index (χ2v) is 6.53. The lowest BCUT2D eigenvalue weighted by Gasteiger charge is -2.08. The van der Waals surface area contributed by atoms with Crippen LogP contribution in [-0.4, -0.2) is 0 Å². The molecule has 0 aliphatic rings. The smallest absolute Gasteiger partial charge is 0.0929 e. The van der Waals surface area contributed by atoms with E-state index < -0.39 is 0 Å². The van der Waals surface area contributed by atoms with Crippen LogP contribution < -0.4 is 11.1 Å². The van der Waals surface area contributed by atoms with Crippen molar-refractivity contribution in [3.8, 4) is 0 Å². The highest BCUT2D eigenvalue weighted by Crippen LogP contribution is 2.27. The molecule has 0 aliphatic heterocycles. The summed E-state index contributed by atoms with van der Waals surface area (Å²) < 4.78 is 0. The van der Waals surface area contributed by atoms with Crippen LogP contribution in [0.2, 0.25) is 0 Å². The first-order valence-corrected chi connectivity index (χ1v) is 8.25. The molecule has 0 atom stereocenters. The molecule has 0 saturated carbocycles. The fraction of sp³-hybridized carbons (Fsp3) is 0.158. The molecule has 3 rings (SSSR count). The van der Waals surface area contributed by atoms with E-state index in [4.69, 9.17) is 5.73 Å². The van der Waals surface area contributed by atoms with Gasteiger partial charge >= 0.3 is 0 Å².